The van der Waals surface area contributed by atoms with Gasteiger partial charge in [-0.2, -0.15) is 0 Å². The van der Waals surface area contributed by atoms with Crippen LogP contribution in [0.15, 0.2) is 17.4 Å². The Kier molecular flexibility index (Phi) is 8.80. The first-order chi connectivity index (χ1) is 12.2. The number of likely N-dealkylation sites (tertiary alicyclic amines) is 1. The van der Waals surface area contributed by atoms with Gasteiger partial charge < -0.3 is 20.1 Å². The highest BCUT2D eigenvalue weighted by Gasteiger charge is 2.19. The SMILES string of the molecule is CCCN1CCC(NC(=NCCCCn2ccnc2C)NCC)CC1. The molecule has 142 valence electrons. The molecule has 0 atom stereocenters. The van der Waals surface area contributed by atoms with Crippen LogP contribution in [0.25, 0.3) is 0 Å². The van der Waals surface area contributed by atoms with Crippen LogP contribution in [0.4, 0.5) is 0 Å². The van der Waals surface area contributed by atoms with Crippen LogP contribution >= 0.6 is 0 Å². The zero-order valence-corrected chi connectivity index (χ0v) is 16.3. The molecule has 1 aliphatic rings. The normalized spacial score (nSPS) is 17.0. The standard InChI is InChI=1S/C19H36N6/c1-4-12-24-14-8-18(9-15-24)23-19(20-5-2)22-10-6-7-13-25-16-11-21-17(25)3/h11,16,18H,4-10,12-15H2,1-3H3,(H2,20,22,23). The molecule has 0 bridgehead atoms. The highest BCUT2D eigenvalue weighted by molar-refractivity contribution is 5.80. The lowest BCUT2D eigenvalue weighted by Gasteiger charge is -2.32. The number of aliphatic imine (C=N–C) groups is 1. The lowest BCUT2D eigenvalue weighted by Crippen LogP contribution is -2.48. The van der Waals surface area contributed by atoms with Gasteiger partial charge in [0.25, 0.3) is 0 Å². The van der Waals surface area contributed by atoms with E-state index in [9.17, 15) is 0 Å². The maximum atomic E-state index is 4.76. The number of hydrogen-bond donors (Lipinski definition) is 2. The molecule has 0 aromatic carbocycles. The van der Waals surface area contributed by atoms with Gasteiger partial charge in [0.15, 0.2) is 5.96 Å². The molecular weight excluding hydrogens is 312 g/mol. The maximum absolute atomic E-state index is 4.76. The lowest BCUT2D eigenvalue weighted by molar-refractivity contribution is 0.206. The average Bonchev–Trinajstić information content (AvgIpc) is 3.02. The molecular formula is C19H36N6. The molecule has 1 aromatic heterocycles. The number of rotatable bonds is 9. The van der Waals surface area contributed by atoms with Crippen molar-refractivity contribution in [2.24, 2.45) is 4.99 Å². The number of nitrogens with one attached hydrogen (secondary N) is 2. The summed E-state index contributed by atoms with van der Waals surface area (Å²) in [6.07, 6.45) is 9.83. The average molecular weight is 349 g/mol. The molecule has 1 fully saturated rings. The first kappa shape index (κ1) is 19.8. The summed E-state index contributed by atoms with van der Waals surface area (Å²) < 4.78 is 2.21. The second-order valence-electron chi connectivity index (χ2n) is 6.90. The van der Waals surface area contributed by atoms with E-state index in [-0.39, 0.29) is 0 Å². The van der Waals surface area contributed by atoms with Crippen molar-refractivity contribution in [3.8, 4) is 0 Å². The molecule has 0 spiro atoms. The van der Waals surface area contributed by atoms with Gasteiger partial charge in [0.1, 0.15) is 5.82 Å². The quantitative estimate of drug-likeness (QED) is 0.409. The van der Waals surface area contributed by atoms with E-state index in [4.69, 9.17) is 4.99 Å². The van der Waals surface area contributed by atoms with E-state index in [1.807, 2.05) is 6.20 Å². The van der Waals surface area contributed by atoms with Crippen LogP contribution in [0.1, 0.15) is 51.8 Å². The molecule has 2 N–H and O–H groups in total. The van der Waals surface area contributed by atoms with Gasteiger partial charge in [-0.25, -0.2) is 4.98 Å². The second kappa shape index (κ2) is 11.1. The van der Waals surface area contributed by atoms with Crippen molar-refractivity contribution in [2.45, 2.75) is 65.5 Å². The molecule has 1 aromatic rings. The van der Waals surface area contributed by atoms with E-state index in [1.54, 1.807) is 0 Å². The van der Waals surface area contributed by atoms with Crippen molar-refractivity contribution in [3.05, 3.63) is 18.2 Å². The van der Waals surface area contributed by atoms with Crippen LogP contribution in [-0.4, -0.2) is 59.2 Å². The second-order valence-corrected chi connectivity index (χ2v) is 6.90. The minimum Gasteiger partial charge on any atom is -0.357 e. The van der Waals surface area contributed by atoms with Gasteiger partial charge in [0, 0.05) is 51.2 Å². The molecule has 0 radical (unpaired) electrons. The molecule has 25 heavy (non-hydrogen) atoms. The largest absolute Gasteiger partial charge is 0.357 e. The number of guanidine groups is 1. The van der Waals surface area contributed by atoms with Crippen LogP contribution < -0.4 is 10.6 Å². The Bertz CT molecular complexity index is 502. The summed E-state index contributed by atoms with van der Waals surface area (Å²) in [4.78, 5) is 11.6. The molecule has 0 amide bonds. The fourth-order valence-electron chi connectivity index (χ4n) is 3.36. The maximum Gasteiger partial charge on any atom is 0.191 e. The minimum absolute atomic E-state index is 0.555. The molecule has 0 saturated carbocycles. The van der Waals surface area contributed by atoms with Gasteiger partial charge >= 0.3 is 0 Å². The zero-order chi connectivity index (χ0) is 17.9. The Morgan fingerprint density at radius 2 is 2.04 bits per heavy atom. The van der Waals surface area contributed by atoms with Crippen molar-refractivity contribution in [3.63, 3.8) is 0 Å². The van der Waals surface area contributed by atoms with Crippen LogP contribution in [0.3, 0.4) is 0 Å². The molecule has 0 aliphatic carbocycles. The Balaban J connectivity index is 1.68. The number of nitrogens with zero attached hydrogens (tertiary/aromatic N) is 4. The van der Waals surface area contributed by atoms with Crippen LogP contribution in [0, 0.1) is 6.92 Å². The van der Waals surface area contributed by atoms with Crippen molar-refractivity contribution >= 4 is 5.96 Å². The number of aryl methyl sites for hydroxylation is 2. The summed E-state index contributed by atoms with van der Waals surface area (Å²) in [5, 5.41) is 7.02. The van der Waals surface area contributed by atoms with Crippen molar-refractivity contribution in [2.75, 3.05) is 32.7 Å². The van der Waals surface area contributed by atoms with E-state index >= 15 is 0 Å². The first-order valence-corrected chi connectivity index (χ1v) is 9.97. The van der Waals surface area contributed by atoms with E-state index < -0.39 is 0 Å². The van der Waals surface area contributed by atoms with E-state index in [0.717, 1.165) is 44.3 Å². The zero-order valence-electron chi connectivity index (χ0n) is 16.3. The Morgan fingerprint density at radius 3 is 2.68 bits per heavy atom. The topological polar surface area (TPSA) is 57.5 Å². The smallest absolute Gasteiger partial charge is 0.191 e. The predicted octanol–water partition coefficient (Wildman–Crippen LogP) is 2.40. The molecule has 1 aliphatic heterocycles. The van der Waals surface area contributed by atoms with E-state index in [2.05, 4.69) is 52.1 Å². The molecule has 6 heteroatoms. The number of unbranched alkanes of at least 4 members (excludes halogenated alkanes) is 1. The lowest BCUT2D eigenvalue weighted by atomic mass is 10.1. The molecule has 0 unspecified atom stereocenters. The minimum atomic E-state index is 0.555. The molecule has 2 heterocycles. The number of piperidine rings is 1. The highest BCUT2D eigenvalue weighted by Crippen LogP contribution is 2.10. The van der Waals surface area contributed by atoms with E-state index in [0.29, 0.717) is 6.04 Å². The highest BCUT2D eigenvalue weighted by atomic mass is 15.2. The summed E-state index contributed by atoms with van der Waals surface area (Å²) in [5.74, 6) is 2.07. The number of hydrogen-bond acceptors (Lipinski definition) is 3. The predicted molar refractivity (Wildman–Crippen MR) is 105 cm³/mol. The van der Waals surface area contributed by atoms with Crippen molar-refractivity contribution < 1.29 is 0 Å². The summed E-state index contributed by atoms with van der Waals surface area (Å²) in [6.45, 7) is 12.9. The Labute approximate surface area is 153 Å². The van der Waals surface area contributed by atoms with Gasteiger partial charge in [0.05, 0.1) is 0 Å². The fourth-order valence-corrected chi connectivity index (χ4v) is 3.36. The van der Waals surface area contributed by atoms with Gasteiger partial charge in [0.2, 0.25) is 0 Å². The van der Waals surface area contributed by atoms with E-state index in [1.165, 1.54) is 38.9 Å². The molecule has 6 nitrogen and oxygen atoms in total. The Morgan fingerprint density at radius 1 is 1.24 bits per heavy atom. The summed E-state index contributed by atoms with van der Waals surface area (Å²) in [7, 11) is 0. The van der Waals surface area contributed by atoms with Crippen LogP contribution in [0.5, 0.6) is 0 Å². The van der Waals surface area contributed by atoms with Gasteiger partial charge in [-0.15, -0.1) is 0 Å². The Hall–Kier alpha value is -1.56. The third kappa shape index (κ3) is 7.06. The molecule has 1 saturated heterocycles. The van der Waals surface area contributed by atoms with Crippen LogP contribution in [-0.2, 0) is 6.54 Å². The third-order valence-electron chi connectivity index (χ3n) is 4.81. The van der Waals surface area contributed by atoms with Gasteiger partial charge in [-0.3, -0.25) is 4.99 Å². The summed E-state index contributed by atoms with van der Waals surface area (Å²) in [5.41, 5.74) is 0. The molecule has 2 rings (SSSR count). The third-order valence-corrected chi connectivity index (χ3v) is 4.81. The number of imidazole rings is 1. The summed E-state index contributed by atoms with van der Waals surface area (Å²) in [6, 6.07) is 0.555. The summed E-state index contributed by atoms with van der Waals surface area (Å²) >= 11 is 0. The van der Waals surface area contributed by atoms with Gasteiger partial charge in [-0.1, -0.05) is 6.92 Å². The van der Waals surface area contributed by atoms with Crippen LogP contribution in [0.2, 0.25) is 0 Å². The first-order valence-electron chi connectivity index (χ1n) is 9.97. The monoisotopic (exact) mass is 348 g/mol. The fraction of sp³-hybridized carbons (Fsp3) is 0.789. The van der Waals surface area contributed by atoms with Crippen molar-refractivity contribution in [1.29, 1.82) is 0 Å². The van der Waals surface area contributed by atoms with Gasteiger partial charge in [-0.05, 0) is 52.5 Å². The van der Waals surface area contributed by atoms with Crippen molar-refractivity contribution in [1.82, 2.24) is 25.1 Å². The number of aromatic nitrogens is 2.